The molecule has 1 unspecified atom stereocenters. The third-order valence-corrected chi connectivity index (χ3v) is 2.83. The molecule has 1 aliphatic rings. The van der Waals surface area contributed by atoms with E-state index in [4.69, 9.17) is 0 Å². The van der Waals surface area contributed by atoms with Crippen LogP contribution in [0.1, 0.15) is 39.0 Å². The minimum Gasteiger partial charge on any atom is -0.389 e. The Bertz CT molecular complexity index is 161. The maximum absolute atomic E-state index is 10.0. The molecular formula is C11H21NO. The molecule has 0 amide bonds. The molecule has 0 spiro atoms. The SMILES string of the molecule is C=CCC(C)NCC1(O)CCCC1. The molecule has 0 aromatic heterocycles. The lowest BCUT2D eigenvalue weighted by molar-refractivity contribution is 0.0454. The molecule has 1 aliphatic carbocycles. The molecule has 0 saturated heterocycles. The summed E-state index contributed by atoms with van der Waals surface area (Å²) in [6, 6.07) is 0.433. The highest BCUT2D eigenvalue weighted by Crippen LogP contribution is 2.28. The Hall–Kier alpha value is -0.340. The summed E-state index contributed by atoms with van der Waals surface area (Å²) in [5.74, 6) is 0. The zero-order valence-corrected chi connectivity index (χ0v) is 8.55. The van der Waals surface area contributed by atoms with Gasteiger partial charge in [0.05, 0.1) is 5.60 Å². The third-order valence-electron chi connectivity index (χ3n) is 2.83. The van der Waals surface area contributed by atoms with Crippen LogP contribution >= 0.6 is 0 Å². The van der Waals surface area contributed by atoms with Crippen molar-refractivity contribution in [3.63, 3.8) is 0 Å². The Morgan fingerprint density at radius 2 is 2.15 bits per heavy atom. The first kappa shape index (κ1) is 10.7. The van der Waals surface area contributed by atoms with Crippen molar-refractivity contribution in [1.29, 1.82) is 0 Å². The molecule has 76 valence electrons. The van der Waals surface area contributed by atoms with Gasteiger partial charge in [0, 0.05) is 12.6 Å². The van der Waals surface area contributed by atoms with E-state index in [1.165, 1.54) is 12.8 Å². The number of hydrogen-bond donors (Lipinski definition) is 2. The van der Waals surface area contributed by atoms with Crippen molar-refractivity contribution in [1.82, 2.24) is 5.32 Å². The van der Waals surface area contributed by atoms with Crippen LogP contribution in [0, 0.1) is 0 Å². The first-order valence-corrected chi connectivity index (χ1v) is 5.23. The smallest absolute Gasteiger partial charge is 0.0771 e. The zero-order valence-electron chi connectivity index (χ0n) is 8.55. The van der Waals surface area contributed by atoms with Crippen molar-refractivity contribution >= 4 is 0 Å². The molecule has 2 heteroatoms. The molecule has 1 fully saturated rings. The average molecular weight is 183 g/mol. The minimum absolute atomic E-state index is 0.421. The Balaban J connectivity index is 2.20. The summed E-state index contributed by atoms with van der Waals surface area (Å²) in [5.41, 5.74) is -0.421. The van der Waals surface area contributed by atoms with Gasteiger partial charge in [-0.1, -0.05) is 18.9 Å². The summed E-state index contributed by atoms with van der Waals surface area (Å²) in [5, 5.41) is 13.4. The van der Waals surface area contributed by atoms with E-state index < -0.39 is 5.60 Å². The summed E-state index contributed by atoms with van der Waals surface area (Å²) in [4.78, 5) is 0. The molecule has 0 aromatic rings. The van der Waals surface area contributed by atoms with Crippen LogP contribution in [0.2, 0.25) is 0 Å². The molecule has 1 saturated carbocycles. The molecule has 0 aromatic carbocycles. The van der Waals surface area contributed by atoms with E-state index in [9.17, 15) is 5.11 Å². The van der Waals surface area contributed by atoms with Crippen molar-refractivity contribution in [2.24, 2.45) is 0 Å². The second-order valence-corrected chi connectivity index (χ2v) is 4.24. The molecule has 13 heavy (non-hydrogen) atoms. The van der Waals surface area contributed by atoms with Crippen LogP contribution in [0.25, 0.3) is 0 Å². The van der Waals surface area contributed by atoms with Crippen molar-refractivity contribution in [2.75, 3.05) is 6.54 Å². The van der Waals surface area contributed by atoms with Gasteiger partial charge in [-0.3, -0.25) is 0 Å². The molecular weight excluding hydrogens is 162 g/mol. The van der Waals surface area contributed by atoms with Gasteiger partial charge < -0.3 is 10.4 Å². The summed E-state index contributed by atoms with van der Waals surface area (Å²) in [7, 11) is 0. The molecule has 1 rings (SSSR count). The largest absolute Gasteiger partial charge is 0.389 e. The first-order valence-electron chi connectivity index (χ1n) is 5.23. The van der Waals surface area contributed by atoms with Crippen molar-refractivity contribution in [3.05, 3.63) is 12.7 Å². The lowest BCUT2D eigenvalue weighted by Gasteiger charge is -2.24. The van der Waals surface area contributed by atoms with Crippen LogP contribution < -0.4 is 5.32 Å². The van der Waals surface area contributed by atoms with E-state index in [-0.39, 0.29) is 0 Å². The summed E-state index contributed by atoms with van der Waals surface area (Å²) >= 11 is 0. The average Bonchev–Trinajstić information content (AvgIpc) is 2.51. The topological polar surface area (TPSA) is 32.3 Å². The van der Waals surface area contributed by atoms with Gasteiger partial charge in [0.25, 0.3) is 0 Å². The van der Waals surface area contributed by atoms with Crippen LogP contribution in [0.4, 0.5) is 0 Å². The monoisotopic (exact) mass is 183 g/mol. The number of hydrogen-bond acceptors (Lipinski definition) is 2. The van der Waals surface area contributed by atoms with Gasteiger partial charge in [-0.2, -0.15) is 0 Å². The second kappa shape index (κ2) is 4.77. The van der Waals surface area contributed by atoms with Crippen molar-refractivity contribution in [3.8, 4) is 0 Å². The van der Waals surface area contributed by atoms with Crippen LogP contribution in [-0.4, -0.2) is 23.3 Å². The van der Waals surface area contributed by atoms with Gasteiger partial charge >= 0.3 is 0 Å². The molecule has 0 radical (unpaired) electrons. The van der Waals surface area contributed by atoms with Gasteiger partial charge in [0.2, 0.25) is 0 Å². The van der Waals surface area contributed by atoms with Crippen molar-refractivity contribution < 1.29 is 5.11 Å². The van der Waals surface area contributed by atoms with E-state index in [0.29, 0.717) is 6.04 Å². The van der Waals surface area contributed by atoms with E-state index in [1.54, 1.807) is 0 Å². The molecule has 2 N–H and O–H groups in total. The lowest BCUT2D eigenvalue weighted by atomic mass is 10.0. The number of aliphatic hydroxyl groups is 1. The molecule has 0 bridgehead atoms. The summed E-state index contributed by atoms with van der Waals surface area (Å²) < 4.78 is 0. The normalized spacial score (nSPS) is 22.9. The van der Waals surface area contributed by atoms with E-state index in [1.807, 2.05) is 6.08 Å². The van der Waals surface area contributed by atoms with Gasteiger partial charge in [-0.15, -0.1) is 6.58 Å². The highest BCUT2D eigenvalue weighted by atomic mass is 16.3. The fraction of sp³-hybridized carbons (Fsp3) is 0.818. The Labute approximate surface area is 81.0 Å². The van der Waals surface area contributed by atoms with Gasteiger partial charge in [-0.05, 0) is 26.2 Å². The fourth-order valence-corrected chi connectivity index (χ4v) is 1.91. The zero-order chi connectivity index (χ0) is 9.73. The quantitative estimate of drug-likeness (QED) is 0.637. The molecule has 0 heterocycles. The third kappa shape index (κ3) is 3.49. The van der Waals surface area contributed by atoms with Gasteiger partial charge in [0.15, 0.2) is 0 Å². The predicted octanol–water partition coefficient (Wildman–Crippen LogP) is 1.85. The van der Waals surface area contributed by atoms with Gasteiger partial charge in [-0.25, -0.2) is 0 Å². The fourth-order valence-electron chi connectivity index (χ4n) is 1.91. The highest BCUT2D eigenvalue weighted by molar-refractivity contribution is 4.87. The number of nitrogens with one attached hydrogen (secondary N) is 1. The maximum Gasteiger partial charge on any atom is 0.0771 e. The van der Waals surface area contributed by atoms with Crippen LogP contribution in [0.15, 0.2) is 12.7 Å². The maximum atomic E-state index is 10.0. The second-order valence-electron chi connectivity index (χ2n) is 4.24. The van der Waals surface area contributed by atoms with Gasteiger partial charge in [0.1, 0.15) is 0 Å². The predicted molar refractivity (Wildman–Crippen MR) is 55.7 cm³/mol. The van der Waals surface area contributed by atoms with E-state index in [2.05, 4.69) is 18.8 Å². The Morgan fingerprint density at radius 1 is 1.54 bits per heavy atom. The van der Waals surface area contributed by atoms with E-state index in [0.717, 1.165) is 25.8 Å². The highest BCUT2D eigenvalue weighted by Gasteiger charge is 2.30. The van der Waals surface area contributed by atoms with Crippen LogP contribution in [-0.2, 0) is 0 Å². The molecule has 0 aliphatic heterocycles. The van der Waals surface area contributed by atoms with Crippen LogP contribution in [0.3, 0.4) is 0 Å². The van der Waals surface area contributed by atoms with Crippen LogP contribution in [0.5, 0.6) is 0 Å². The first-order chi connectivity index (χ1) is 6.16. The molecule has 1 atom stereocenters. The lowest BCUT2D eigenvalue weighted by Crippen LogP contribution is -2.41. The summed E-state index contributed by atoms with van der Waals surface area (Å²) in [6.07, 6.45) is 7.15. The number of rotatable bonds is 5. The Kier molecular flexibility index (Phi) is 3.94. The Morgan fingerprint density at radius 3 is 2.69 bits per heavy atom. The summed E-state index contributed by atoms with van der Waals surface area (Å²) in [6.45, 7) is 6.56. The minimum atomic E-state index is -0.421. The van der Waals surface area contributed by atoms with E-state index >= 15 is 0 Å². The molecule has 2 nitrogen and oxygen atoms in total. The standard InChI is InChI=1S/C11H21NO/c1-3-6-10(2)12-9-11(13)7-4-5-8-11/h3,10,12-13H,1,4-9H2,2H3. The van der Waals surface area contributed by atoms with Crippen molar-refractivity contribution in [2.45, 2.75) is 50.7 Å².